The summed E-state index contributed by atoms with van der Waals surface area (Å²) in [4.78, 5) is 14.2. The van der Waals surface area contributed by atoms with Gasteiger partial charge in [0.1, 0.15) is 5.75 Å². The maximum atomic E-state index is 12.5. The summed E-state index contributed by atoms with van der Waals surface area (Å²) in [6.07, 6.45) is 0. The lowest BCUT2D eigenvalue weighted by Gasteiger charge is -2.26. The van der Waals surface area contributed by atoms with Crippen molar-refractivity contribution >= 4 is 33.2 Å². The molecular weight excluding hydrogens is 430 g/mol. The Morgan fingerprint density at radius 3 is 2.57 bits per heavy atom. The van der Waals surface area contributed by atoms with Gasteiger partial charge in [0.15, 0.2) is 6.61 Å². The van der Waals surface area contributed by atoms with E-state index in [0.29, 0.717) is 25.4 Å². The molecule has 1 aliphatic heterocycles. The van der Waals surface area contributed by atoms with Crippen LogP contribution in [0.25, 0.3) is 0 Å². The molecule has 0 aliphatic carbocycles. The van der Waals surface area contributed by atoms with Crippen LogP contribution >= 0.6 is 11.6 Å². The molecule has 0 unspecified atom stereocenters. The van der Waals surface area contributed by atoms with Gasteiger partial charge in [-0.25, -0.2) is 8.42 Å². The van der Waals surface area contributed by atoms with E-state index >= 15 is 0 Å². The molecule has 2 N–H and O–H groups in total. The molecule has 3 rings (SSSR count). The van der Waals surface area contributed by atoms with Gasteiger partial charge in [-0.05, 0) is 30.3 Å². The lowest BCUT2D eigenvalue weighted by molar-refractivity contribution is -0.123. The molecule has 0 atom stereocenters. The number of carbonyl (C=O) groups excluding carboxylic acids is 1. The van der Waals surface area contributed by atoms with Crippen LogP contribution in [0.1, 0.15) is 0 Å². The van der Waals surface area contributed by atoms with Crippen LogP contribution in [0.2, 0.25) is 5.02 Å². The average molecular weight is 454 g/mol. The molecule has 1 saturated heterocycles. The molecule has 0 aromatic heterocycles. The summed E-state index contributed by atoms with van der Waals surface area (Å²) < 4.78 is 38.2. The minimum Gasteiger partial charge on any atom is -0.482 e. The maximum Gasteiger partial charge on any atom is 0.261 e. The lowest BCUT2D eigenvalue weighted by Crippen LogP contribution is -2.42. The zero-order chi connectivity index (χ0) is 21.4. The van der Waals surface area contributed by atoms with Crippen LogP contribution in [0.5, 0.6) is 5.75 Å². The van der Waals surface area contributed by atoms with Crippen LogP contribution in [-0.4, -0.2) is 65.2 Å². The highest BCUT2D eigenvalue weighted by Crippen LogP contribution is 2.28. The fraction of sp³-hybridized carbons (Fsp3) is 0.350. The van der Waals surface area contributed by atoms with Crippen molar-refractivity contribution in [3.63, 3.8) is 0 Å². The van der Waals surface area contributed by atoms with E-state index in [1.807, 2.05) is 0 Å². The Bertz CT molecular complexity index is 950. The summed E-state index contributed by atoms with van der Waals surface area (Å²) in [6, 6.07) is 12.6. The Kier molecular flexibility index (Phi) is 7.92. The Morgan fingerprint density at radius 2 is 1.87 bits per heavy atom. The summed E-state index contributed by atoms with van der Waals surface area (Å²) in [5.41, 5.74) is 0.447. The summed E-state index contributed by atoms with van der Waals surface area (Å²) in [5.74, 6) is -0.0413. The zero-order valence-corrected chi connectivity index (χ0v) is 17.9. The highest BCUT2D eigenvalue weighted by Gasteiger charge is 2.17. The van der Waals surface area contributed by atoms with Gasteiger partial charge >= 0.3 is 0 Å². The van der Waals surface area contributed by atoms with Crippen LogP contribution in [0.3, 0.4) is 0 Å². The van der Waals surface area contributed by atoms with Crippen molar-refractivity contribution in [2.45, 2.75) is 4.90 Å². The number of anilines is 1. The molecule has 30 heavy (non-hydrogen) atoms. The first-order valence-electron chi connectivity index (χ1n) is 9.51. The standard InChI is InChI=1S/C20H24ClN3O5S/c21-18-14-17(30(26,27)23-16-4-2-1-3-5-16)6-7-19(18)29-15-20(25)22-8-9-24-10-12-28-13-11-24/h1-7,14,23H,8-13,15H2,(H,22,25). The first-order chi connectivity index (χ1) is 14.4. The monoisotopic (exact) mass is 453 g/mol. The second kappa shape index (κ2) is 10.6. The molecule has 1 fully saturated rings. The van der Waals surface area contributed by atoms with Gasteiger partial charge in [0.05, 0.1) is 23.1 Å². The minimum atomic E-state index is -3.79. The van der Waals surface area contributed by atoms with Crippen molar-refractivity contribution in [2.24, 2.45) is 0 Å². The number of ether oxygens (including phenoxy) is 2. The Balaban J connectivity index is 1.49. The number of nitrogens with one attached hydrogen (secondary N) is 2. The average Bonchev–Trinajstić information content (AvgIpc) is 2.74. The third kappa shape index (κ3) is 6.60. The van der Waals surface area contributed by atoms with Gasteiger partial charge in [-0.15, -0.1) is 0 Å². The van der Waals surface area contributed by atoms with Gasteiger partial charge in [0, 0.05) is 31.9 Å². The van der Waals surface area contributed by atoms with Crippen molar-refractivity contribution in [1.29, 1.82) is 0 Å². The number of morpholine rings is 1. The van der Waals surface area contributed by atoms with Gasteiger partial charge in [-0.1, -0.05) is 29.8 Å². The van der Waals surface area contributed by atoms with Gasteiger partial charge in [0.2, 0.25) is 0 Å². The van der Waals surface area contributed by atoms with E-state index < -0.39 is 10.0 Å². The third-order valence-corrected chi connectivity index (χ3v) is 6.13. The summed E-state index contributed by atoms with van der Waals surface area (Å²) in [7, 11) is -3.79. The second-order valence-corrected chi connectivity index (χ2v) is 8.75. The van der Waals surface area contributed by atoms with E-state index in [1.165, 1.54) is 18.2 Å². The Hall–Kier alpha value is -2.33. The number of hydrogen-bond donors (Lipinski definition) is 2. The first-order valence-corrected chi connectivity index (χ1v) is 11.4. The van der Waals surface area contributed by atoms with Gasteiger partial charge in [-0.2, -0.15) is 0 Å². The first kappa shape index (κ1) is 22.4. The van der Waals surface area contributed by atoms with Crippen LogP contribution in [0.15, 0.2) is 53.4 Å². The predicted molar refractivity (Wildman–Crippen MR) is 114 cm³/mol. The van der Waals surface area contributed by atoms with Crippen LogP contribution in [0.4, 0.5) is 5.69 Å². The molecule has 162 valence electrons. The number of nitrogens with zero attached hydrogens (tertiary/aromatic N) is 1. The largest absolute Gasteiger partial charge is 0.482 e. The minimum absolute atomic E-state index is 0.00124. The summed E-state index contributed by atoms with van der Waals surface area (Å²) in [6.45, 7) is 4.18. The SMILES string of the molecule is O=C(COc1ccc(S(=O)(=O)Nc2ccccc2)cc1Cl)NCCN1CCOCC1. The van der Waals surface area contributed by atoms with E-state index in [9.17, 15) is 13.2 Å². The fourth-order valence-electron chi connectivity index (χ4n) is 2.86. The van der Waals surface area contributed by atoms with E-state index in [4.69, 9.17) is 21.1 Å². The molecule has 2 aromatic rings. The van der Waals surface area contributed by atoms with E-state index in [0.717, 1.165) is 19.6 Å². The van der Waals surface area contributed by atoms with E-state index in [2.05, 4.69) is 14.9 Å². The molecule has 0 saturated carbocycles. The number of halogens is 1. The van der Waals surface area contributed by atoms with Crippen LogP contribution in [-0.2, 0) is 19.6 Å². The quantitative estimate of drug-likeness (QED) is 0.602. The summed E-state index contributed by atoms with van der Waals surface area (Å²) in [5, 5.41) is 2.89. The number of carbonyl (C=O) groups is 1. The topological polar surface area (TPSA) is 97.0 Å². The summed E-state index contributed by atoms with van der Waals surface area (Å²) >= 11 is 6.16. The number of benzene rings is 2. The zero-order valence-electron chi connectivity index (χ0n) is 16.3. The molecule has 1 aliphatic rings. The fourth-order valence-corrected chi connectivity index (χ4v) is 4.24. The highest BCUT2D eigenvalue weighted by molar-refractivity contribution is 7.92. The Morgan fingerprint density at radius 1 is 1.13 bits per heavy atom. The maximum absolute atomic E-state index is 12.5. The molecular formula is C20H24ClN3O5S. The normalized spacial score (nSPS) is 14.8. The number of para-hydroxylation sites is 1. The van der Waals surface area contributed by atoms with Crippen LogP contribution in [0, 0.1) is 0 Å². The van der Waals surface area contributed by atoms with Gasteiger partial charge in [0.25, 0.3) is 15.9 Å². The van der Waals surface area contributed by atoms with Crippen molar-refractivity contribution in [3.8, 4) is 5.75 Å². The molecule has 0 spiro atoms. The number of amides is 1. The smallest absolute Gasteiger partial charge is 0.261 e. The highest BCUT2D eigenvalue weighted by atomic mass is 35.5. The second-order valence-electron chi connectivity index (χ2n) is 6.66. The molecule has 2 aromatic carbocycles. The van der Waals surface area contributed by atoms with Crippen molar-refractivity contribution in [1.82, 2.24) is 10.2 Å². The number of hydrogen-bond acceptors (Lipinski definition) is 6. The lowest BCUT2D eigenvalue weighted by atomic mass is 10.3. The molecule has 1 amide bonds. The third-order valence-electron chi connectivity index (χ3n) is 4.45. The van der Waals surface area contributed by atoms with Gasteiger partial charge < -0.3 is 14.8 Å². The van der Waals surface area contributed by atoms with E-state index in [1.54, 1.807) is 30.3 Å². The molecule has 0 bridgehead atoms. The van der Waals surface area contributed by atoms with Crippen molar-refractivity contribution < 1.29 is 22.7 Å². The molecule has 8 nitrogen and oxygen atoms in total. The van der Waals surface area contributed by atoms with E-state index in [-0.39, 0.29) is 28.2 Å². The van der Waals surface area contributed by atoms with Crippen LogP contribution < -0.4 is 14.8 Å². The molecule has 10 heteroatoms. The molecule has 0 radical (unpaired) electrons. The molecule has 1 heterocycles. The van der Waals surface area contributed by atoms with Crippen molar-refractivity contribution in [2.75, 3.05) is 50.7 Å². The van der Waals surface area contributed by atoms with Gasteiger partial charge in [-0.3, -0.25) is 14.4 Å². The predicted octanol–water partition coefficient (Wildman–Crippen LogP) is 1.97. The number of sulfonamides is 1. The Labute approximate surface area is 181 Å². The number of rotatable bonds is 9. The van der Waals surface area contributed by atoms with Crippen molar-refractivity contribution in [3.05, 3.63) is 53.6 Å².